The molecule has 126 valence electrons. The Labute approximate surface area is 151 Å². The summed E-state index contributed by atoms with van der Waals surface area (Å²) in [6.45, 7) is 3.38. The zero-order valence-corrected chi connectivity index (χ0v) is 15.4. The Morgan fingerprint density at radius 3 is 2.75 bits per heavy atom. The summed E-state index contributed by atoms with van der Waals surface area (Å²) in [7, 11) is 0. The van der Waals surface area contributed by atoms with Crippen molar-refractivity contribution < 1.29 is 0 Å². The Morgan fingerprint density at radius 2 is 1.96 bits per heavy atom. The van der Waals surface area contributed by atoms with E-state index in [9.17, 15) is 0 Å². The molecule has 1 aromatic heterocycles. The summed E-state index contributed by atoms with van der Waals surface area (Å²) in [6, 6.07) is 11.1. The van der Waals surface area contributed by atoms with Crippen LogP contribution in [0.4, 0.5) is 5.82 Å². The number of hydrogen-bond donors (Lipinski definition) is 1. The first-order valence-corrected chi connectivity index (χ1v) is 9.62. The number of halogens is 1. The molecule has 1 N–H and O–H groups in total. The smallest absolute Gasteiger partial charge is 0.133 e. The first-order chi connectivity index (χ1) is 11.8. The van der Waals surface area contributed by atoms with Gasteiger partial charge >= 0.3 is 0 Å². The number of aromatic nitrogens is 2. The second kappa shape index (κ2) is 7.19. The van der Waals surface area contributed by atoms with Gasteiger partial charge in [-0.05, 0) is 49.4 Å². The number of anilines is 1. The first-order valence-electron chi connectivity index (χ1n) is 8.82. The molecule has 0 spiro atoms. The number of benzene rings is 1. The van der Waals surface area contributed by atoms with Crippen molar-refractivity contribution in [2.45, 2.75) is 37.6 Å². The van der Waals surface area contributed by atoms with Crippen molar-refractivity contribution in [3.63, 3.8) is 0 Å². The van der Waals surface area contributed by atoms with Gasteiger partial charge < -0.3 is 10.2 Å². The largest absolute Gasteiger partial charge is 0.366 e. The van der Waals surface area contributed by atoms with Gasteiger partial charge in [0.15, 0.2) is 0 Å². The molecule has 1 aliphatic heterocycles. The van der Waals surface area contributed by atoms with Gasteiger partial charge in [0, 0.05) is 42.3 Å². The van der Waals surface area contributed by atoms with Gasteiger partial charge in [-0.25, -0.2) is 9.97 Å². The van der Waals surface area contributed by atoms with Gasteiger partial charge in [-0.15, -0.1) is 0 Å². The molecule has 0 bridgehead atoms. The summed E-state index contributed by atoms with van der Waals surface area (Å²) >= 11 is 3.49. The summed E-state index contributed by atoms with van der Waals surface area (Å²) in [5.41, 5.74) is 1.40. The monoisotopic (exact) mass is 386 g/mol. The Balaban J connectivity index is 1.27. The number of rotatable bonds is 6. The molecule has 1 saturated heterocycles. The van der Waals surface area contributed by atoms with E-state index >= 15 is 0 Å². The molecule has 2 aliphatic rings. The molecule has 1 aromatic carbocycles. The van der Waals surface area contributed by atoms with E-state index in [1.54, 1.807) is 0 Å². The average Bonchev–Trinajstić information content (AvgIpc) is 3.36. The van der Waals surface area contributed by atoms with E-state index in [0.717, 1.165) is 42.2 Å². The van der Waals surface area contributed by atoms with Gasteiger partial charge in [-0.3, -0.25) is 0 Å². The van der Waals surface area contributed by atoms with Crippen LogP contribution in [0.3, 0.4) is 0 Å². The molecule has 1 unspecified atom stereocenters. The molecule has 0 radical (unpaired) electrons. The standard InChI is InChI=1S/C19H23BrN4/c20-16-5-1-14(2-6-16)8-11-24-12-9-17(13-24)22-18-7-10-21-19(23-18)15-3-4-15/h1-2,5-7,10,15,17H,3-4,8-9,11-13H2,(H,21,22,23). The molecule has 5 heteroatoms. The predicted octanol–water partition coefficient (Wildman–Crippen LogP) is 3.85. The Morgan fingerprint density at radius 1 is 1.12 bits per heavy atom. The second-order valence-electron chi connectivity index (χ2n) is 6.88. The molecule has 4 rings (SSSR count). The fourth-order valence-corrected chi connectivity index (χ4v) is 3.56. The number of likely N-dealkylation sites (tertiary alicyclic amines) is 1. The Hall–Kier alpha value is -1.46. The van der Waals surface area contributed by atoms with Crippen LogP contribution in [-0.2, 0) is 6.42 Å². The topological polar surface area (TPSA) is 41.0 Å². The van der Waals surface area contributed by atoms with Gasteiger partial charge in [0.25, 0.3) is 0 Å². The van der Waals surface area contributed by atoms with E-state index in [0.29, 0.717) is 12.0 Å². The fraction of sp³-hybridized carbons (Fsp3) is 0.474. The molecule has 1 aliphatic carbocycles. The van der Waals surface area contributed by atoms with Crippen LogP contribution < -0.4 is 5.32 Å². The Kier molecular flexibility index (Phi) is 4.81. The summed E-state index contributed by atoms with van der Waals surface area (Å²) in [5, 5.41) is 3.60. The van der Waals surface area contributed by atoms with Crippen molar-refractivity contribution in [3.8, 4) is 0 Å². The fourth-order valence-electron chi connectivity index (χ4n) is 3.29. The third-order valence-corrected chi connectivity index (χ3v) is 5.40. The molecule has 0 amide bonds. The van der Waals surface area contributed by atoms with E-state index in [2.05, 4.69) is 60.4 Å². The van der Waals surface area contributed by atoms with E-state index in [1.165, 1.54) is 24.8 Å². The van der Waals surface area contributed by atoms with Crippen LogP contribution in [0, 0.1) is 0 Å². The number of nitrogens with one attached hydrogen (secondary N) is 1. The first kappa shape index (κ1) is 16.0. The molecular formula is C19H23BrN4. The van der Waals surface area contributed by atoms with Crippen LogP contribution in [-0.4, -0.2) is 40.5 Å². The minimum Gasteiger partial charge on any atom is -0.366 e. The van der Waals surface area contributed by atoms with Crippen LogP contribution in [0.15, 0.2) is 41.0 Å². The maximum atomic E-state index is 4.68. The summed E-state index contributed by atoms with van der Waals surface area (Å²) in [4.78, 5) is 11.6. The highest BCUT2D eigenvalue weighted by atomic mass is 79.9. The van der Waals surface area contributed by atoms with Crippen LogP contribution >= 0.6 is 15.9 Å². The third-order valence-electron chi connectivity index (χ3n) is 4.87. The molecule has 2 fully saturated rings. The maximum Gasteiger partial charge on any atom is 0.133 e. The van der Waals surface area contributed by atoms with E-state index in [-0.39, 0.29) is 0 Å². The minimum absolute atomic E-state index is 0.497. The quantitative estimate of drug-likeness (QED) is 0.818. The zero-order chi connectivity index (χ0) is 16.4. The summed E-state index contributed by atoms with van der Waals surface area (Å²) in [5.74, 6) is 2.62. The average molecular weight is 387 g/mol. The minimum atomic E-state index is 0.497. The van der Waals surface area contributed by atoms with Gasteiger partial charge in [-0.1, -0.05) is 28.1 Å². The van der Waals surface area contributed by atoms with E-state index in [4.69, 9.17) is 0 Å². The molecular weight excluding hydrogens is 364 g/mol. The lowest BCUT2D eigenvalue weighted by Gasteiger charge is -2.17. The summed E-state index contributed by atoms with van der Waals surface area (Å²) in [6.07, 6.45) is 6.68. The van der Waals surface area contributed by atoms with Crippen molar-refractivity contribution in [2.75, 3.05) is 25.0 Å². The lowest BCUT2D eigenvalue weighted by Crippen LogP contribution is -2.28. The van der Waals surface area contributed by atoms with Crippen molar-refractivity contribution in [1.82, 2.24) is 14.9 Å². The predicted molar refractivity (Wildman–Crippen MR) is 100 cm³/mol. The molecule has 24 heavy (non-hydrogen) atoms. The lowest BCUT2D eigenvalue weighted by molar-refractivity contribution is 0.340. The molecule has 2 heterocycles. The highest BCUT2D eigenvalue weighted by Gasteiger charge is 2.27. The highest BCUT2D eigenvalue weighted by molar-refractivity contribution is 9.10. The van der Waals surface area contributed by atoms with Crippen molar-refractivity contribution >= 4 is 21.7 Å². The third kappa shape index (κ3) is 4.14. The van der Waals surface area contributed by atoms with Crippen LogP contribution in [0.2, 0.25) is 0 Å². The van der Waals surface area contributed by atoms with Gasteiger partial charge in [0.2, 0.25) is 0 Å². The molecule has 1 saturated carbocycles. The van der Waals surface area contributed by atoms with Crippen molar-refractivity contribution in [1.29, 1.82) is 0 Å². The van der Waals surface area contributed by atoms with Crippen molar-refractivity contribution in [3.05, 3.63) is 52.4 Å². The van der Waals surface area contributed by atoms with E-state index in [1.807, 2.05) is 12.3 Å². The normalized spacial score (nSPS) is 21.1. The van der Waals surface area contributed by atoms with Crippen LogP contribution in [0.5, 0.6) is 0 Å². The summed E-state index contributed by atoms with van der Waals surface area (Å²) < 4.78 is 1.15. The maximum absolute atomic E-state index is 4.68. The lowest BCUT2D eigenvalue weighted by atomic mass is 10.1. The van der Waals surface area contributed by atoms with E-state index < -0.39 is 0 Å². The Bertz CT molecular complexity index is 684. The van der Waals surface area contributed by atoms with Gasteiger partial charge in [0.05, 0.1) is 0 Å². The molecule has 2 aromatic rings. The molecule has 1 atom stereocenters. The molecule has 4 nitrogen and oxygen atoms in total. The highest BCUT2D eigenvalue weighted by Crippen LogP contribution is 2.38. The zero-order valence-electron chi connectivity index (χ0n) is 13.8. The van der Waals surface area contributed by atoms with Gasteiger partial charge in [0.1, 0.15) is 11.6 Å². The van der Waals surface area contributed by atoms with Crippen molar-refractivity contribution in [2.24, 2.45) is 0 Å². The second-order valence-corrected chi connectivity index (χ2v) is 7.80. The van der Waals surface area contributed by atoms with Crippen LogP contribution in [0.1, 0.15) is 36.6 Å². The SMILES string of the molecule is Brc1ccc(CCN2CCC(Nc3ccnc(C4CC4)n3)C2)cc1. The van der Waals surface area contributed by atoms with Gasteiger partial charge in [-0.2, -0.15) is 0 Å². The number of hydrogen-bond acceptors (Lipinski definition) is 4. The number of nitrogens with zero attached hydrogens (tertiary/aromatic N) is 3. The van der Waals surface area contributed by atoms with Crippen LogP contribution in [0.25, 0.3) is 0 Å².